The van der Waals surface area contributed by atoms with Crippen LogP contribution in [0.2, 0.25) is 5.02 Å². The fourth-order valence-electron chi connectivity index (χ4n) is 1.57. The van der Waals surface area contributed by atoms with Gasteiger partial charge in [-0.15, -0.1) is 0 Å². The Balaban J connectivity index is 2.22. The molecular formula is C12H12ClFN2. The van der Waals surface area contributed by atoms with Crippen molar-refractivity contribution in [3.05, 3.63) is 58.6 Å². The largest absolute Gasteiger partial charge is 0.350 e. The standard InChI is InChI=1S/C12H12ClFN2/c13-12-2-1-11(14)5-10(12)8-16-4-3-9(6-15)7-16/h1-5,7H,6,8,15H2. The van der Waals surface area contributed by atoms with Gasteiger partial charge in [-0.2, -0.15) is 0 Å². The van der Waals surface area contributed by atoms with E-state index in [2.05, 4.69) is 0 Å². The summed E-state index contributed by atoms with van der Waals surface area (Å²) in [6.45, 7) is 1.06. The van der Waals surface area contributed by atoms with E-state index in [4.69, 9.17) is 17.3 Å². The summed E-state index contributed by atoms with van der Waals surface area (Å²) in [5.74, 6) is -0.273. The number of benzene rings is 1. The monoisotopic (exact) mass is 238 g/mol. The Kier molecular flexibility index (Phi) is 3.27. The number of halogens is 2. The second kappa shape index (κ2) is 4.68. The summed E-state index contributed by atoms with van der Waals surface area (Å²) < 4.78 is 15.0. The van der Waals surface area contributed by atoms with E-state index in [-0.39, 0.29) is 5.82 Å². The van der Waals surface area contributed by atoms with Gasteiger partial charge in [-0.05, 0) is 35.4 Å². The van der Waals surface area contributed by atoms with Gasteiger partial charge < -0.3 is 10.3 Å². The van der Waals surface area contributed by atoms with Crippen molar-refractivity contribution in [2.24, 2.45) is 5.73 Å². The van der Waals surface area contributed by atoms with Crippen LogP contribution in [0.4, 0.5) is 4.39 Å². The van der Waals surface area contributed by atoms with E-state index in [1.165, 1.54) is 12.1 Å². The lowest BCUT2D eigenvalue weighted by molar-refractivity contribution is 0.623. The van der Waals surface area contributed by atoms with Crippen molar-refractivity contribution in [3.63, 3.8) is 0 Å². The Hall–Kier alpha value is -1.32. The summed E-state index contributed by atoms with van der Waals surface area (Å²) in [5.41, 5.74) is 7.32. The first kappa shape index (κ1) is 11.2. The number of nitrogens with two attached hydrogens (primary N) is 1. The summed E-state index contributed by atoms with van der Waals surface area (Å²) in [4.78, 5) is 0. The van der Waals surface area contributed by atoms with Crippen LogP contribution in [0.25, 0.3) is 0 Å². The van der Waals surface area contributed by atoms with Crippen LogP contribution in [0.5, 0.6) is 0 Å². The minimum Gasteiger partial charge on any atom is -0.350 e. The van der Waals surface area contributed by atoms with E-state index in [1.54, 1.807) is 6.07 Å². The first-order valence-electron chi connectivity index (χ1n) is 4.97. The highest BCUT2D eigenvalue weighted by Crippen LogP contribution is 2.18. The van der Waals surface area contributed by atoms with Crippen LogP contribution in [-0.4, -0.2) is 4.57 Å². The van der Waals surface area contributed by atoms with Crippen LogP contribution in [-0.2, 0) is 13.1 Å². The van der Waals surface area contributed by atoms with Gasteiger partial charge in [-0.3, -0.25) is 0 Å². The highest BCUT2D eigenvalue weighted by Gasteiger charge is 2.03. The van der Waals surface area contributed by atoms with Gasteiger partial charge in [0.1, 0.15) is 5.82 Å². The number of rotatable bonds is 3. The lowest BCUT2D eigenvalue weighted by atomic mass is 10.2. The number of aromatic nitrogens is 1. The molecule has 0 aliphatic rings. The van der Waals surface area contributed by atoms with Gasteiger partial charge in [0.15, 0.2) is 0 Å². The van der Waals surface area contributed by atoms with Gasteiger partial charge in [-0.25, -0.2) is 4.39 Å². The third-order valence-electron chi connectivity index (χ3n) is 2.41. The Bertz CT molecular complexity index is 494. The molecule has 84 valence electrons. The van der Waals surface area contributed by atoms with Crippen molar-refractivity contribution in [2.45, 2.75) is 13.1 Å². The van der Waals surface area contributed by atoms with Crippen molar-refractivity contribution in [2.75, 3.05) is 0 Å². The van der Waals surface area contributed by atoms with Crippen LogP contribution >= 0.6 is 11.6 Å². The van der Waals surface area contributed by atoms with Crippen LogP contribution < -0.4 is 5.73 Å². The predicted molar refractivity (Wildman–Crippen MR) is 62.8 cm³/mol. The third kappa shape index (κ3) is 2.43. The molecule has 0 atom stereocenters. The summed E-state index contributed by atoms with van der Waals surface area (Å²) in [6, 6.07) is 6.31. The zero-order chi connectivity index (χ0) is 11.5. The molecule has 2 rings (SSSR count). The molecule has 1 aromatic carbocycles. The molecule has 0 aliphatic heterocycles. The first-order chi connectivity index (χ1) is 7.69. The molecule has 0 amide bonds. The summed E-state index contributed by atoms with van der Waals surface area (Å²) in [7, 11) is 0. The van der Waals surface area contributed by atoms with E-state index < -0.39 is 0 Å². The lowest BCUT2D eigenvalue weighted by Gasteiger charge is -2.05. The number of nitrogens with zero attached hydrogens (tertiary/aromatic N) is 1. The zero-order valence-corrected chi connectivity index (χ0v) is 9.41. The molecule has 1 aromatic heterocycles. The van der Waals surface area contributed by atoms with E-state index in [0.717, 1.165) is 11.1 Å². The highest BCUT2D eigenvalue weighted by atomic mass is 35.5. The minimum absolute atomic E-state index is 0.273. The molecule has 2 nitrogen and oxygen atoms in total. The lowest BCUT2D eigenvalue weighted by Crippen LogP contribution is -1.99. The minimum atomic E-state index is -0.273. The fraction of sp³-hybridized carbons (Fsp3) is 0.167. The number of hydrogen-bond donors (Lipinski definition) is 1. The predicted octanol–water partition coefficient (Wildman–Crippen LogP) is 2.79. The quantitative estimate of drug-likeness (QED) is 0.876. The van der Waals surface area contributed by atoms with Gasteiger partial charge in [0, 0.05) is 30.5 Å². The van der Waals surface area contributed by atoms with Crippen LogP contribution in [0.15, 0.2) is 36.7 Å². The molecule has 0 saturated carbocycles. The van der Waals surface area contributed by atoms with Crippen LogP contribution in [0.1, 0.15) is 11.1 Å². The molecule has 2 N–H and O–H groups in total. The third-order valence-corrected chi connectivity index (χ3v) is 2.78. The van der Waals surface area contributed by atoms with Crippen LogP contribution in [0, 0.1) is 5.82 Å². The van der Waals surface area contributed by atoms with Crippen molar-refractivity contribution in [1.82, 2.24) is 4.57 Å². The van der Waals surface area contributed by atoms with E-state index >= 15 is 0 Å². The molecule has 0 radical (unpaired) electrons. The fourth-order valence-corrected chi connectivity index (χ4v) is 1.75. The Morgan fingerprint density at radius 2 is 2.12 bits per heavy atom. The molecule has 0 spiro atoms. The molecule has 0 bridgehead atoms. The van der Waals surface area contributed by atoms with E-state index in [1.807, 2.05) is 23.0 Å². The zero-order valence-electron chi connectivity index (χ0n) is 8.66. The maximum atomic E-state index is 13.0. The molecule has 1 heterocycles. The van der Waals surface area contributed by atoms with Gasteiger partial charge in [-0.1, -0.05) is 11.6 Å². The maximum Gasteiger partial charge on any atom is 0.123 e. The average molecular weight is 239 g/mol. The summed E-state index contributed by atoms with van der Waals surface area (Å²) in [5, 5.41) is 0.574. The molecule has 4 heteroatoms. The van der Waals surface area contributed by atoms with Crippen molar-refractivity contribution in [1.29, 1.82) is 0 Å². The molecule has 16 heavy (non-hydrogen) atoms. The molecular weight excluding hydrogens is 227 g/mol. The summed E-state index contributed by atoms with van der Waals surface area (Å²) in [6.07, 6.45) is 3.84. The smallest absolute Gasteiger partial charge is 0.123 e. The van der Waals surface area contributed by atoms with E-state index in [0.29, 0.717) is 18.1 Å². The molecule has 0 unspecified atom stereocenters. The Labute approximate surface area is 98.4 Å². The van der Waals surface area contributed by atoms with Crippen molar-refractivity contribution < 1.29 is 4.39 Å². The van der Waals surface area contributed by atoms with Crippen LogP contribution in [0.3, 0.4) is 0 Å². The summed E-state index contributed by atoms with van der Waals surface area (Å²) >= 11 is 5.98. The highest BCUT2D eigenvalue weighted by molar-refractivity contribution is 6.31. The van der Waals surface area contributed by atoms with Crippen molar-refractivity contribution in [3.8, 4) is 0 Å². The van der Waals surface area contributed by atoms with Gasteiger partial charge in [0.25, 0.3) is 0 Å². The maximum absolute atomic E-state index is 13.0. The first-order valence-corrected chi connectivity index (χ1v) is 5.35. The van der Waals surface area contributed by atoms with Gasteiger partial charge in [0.05, 0.1) is 0 Å². The molecule has 0 aliphatic carbocycles. The van der Waals surface area contributed by atoms with E-state index in [9.17, 15) is 4.39 Å². The average Bonchev–Trinajstić information content (AvgIpc) is 2.71. The second-order valence-corrected chi connectivity index (χ2v) is 4.04. The van der Waals surface area contributed by atoms with Gasteiger partial charge >= 0.3 is 0 Å². The SMILES string of the molecule is NCc1ccn(Cc2cc(F)ccc2Cl)c1. The molecule has 2 aromatic rings. The van der Waals surface area contributed by atoms with Crippen molar-refractivity contribution >= 4 is 11.6 Å². The second-order valence-electron chi connectivity index (χ2n) is 3.63. The molecule has 0 fully saturated rings. The Morgan fingerprint density at radius 3 is 2.81 bits per heavy atom. The number of hydrogen-bond acceptors (Lipinski definition) is 1. The normalized spacial score (nSPS) is 10.7. The molecule has 0 saturated heterocycles. The van der Waals surface area contributed by atoms with Gasteiger partial charge in [0.2, 0.25) is 0 Å². The Morgan fingerprint density at radius 1 is 1.31 bits per heavy atom. The topological polar surface area (TPSA) is 30.9 Å².